The summed E-state index contributed by atoms with van der Waals surface area (Å²) in [6, 6.07) is 13.4. The van der Waals surface area contributed by atoms with E-state index in [9.17, 15) is 4.79 Å². The van der Waals surface area contributed by atoms with E-state index in [1.807, 2.05) is 22.7 Å². The van der Waals surface area contributed by atoms with E-state index in [2.05, 4.69) is 51.0 Å². The molecule has 0 bridgehead atoms. The molecule has 36 heavy (non-hydrogen) atoms. The van der Waals surface area contributed by atoms with Gasteiger partial charge >= 0.3 is 0 Å². The van der Waals surface area contributed by atoms with Crippen molar-refractivity contribution >= 4 is 51.8 Å². The van der Waals surface area contributed by atoms with Crippen molar-refractivity contribution in [1.82, 2.24) is 19.7 Å². The van der Waals surface area contributed by atoms with Gasteiger partial charge in [-0.1, -0.05) is 53.2 Å². The zero-order valence-electron chi connectivity index (χ0n) is 20.2. The number of hydrogen-bond donors (Lipinski definition) is 1. The highest BCUT2D eigenvalue weighted by Crippen LogP contribution is 2.25. The van der Waals surface area contributed by atoms with Crippen molar-refractivity contribution in [3.63, 3.8) is 0 Å². The van der Waals surface area contributed by atoms with Gasteiger partial charge in [0.2, 0.25) is 0 Å². The predicted molar refractivity (Wildman–Crippen MR) is 151 cm³/mol. The lowest BCUT2D eigenvalue weighted by molar-refractivity contribution is 0.0480. The maximum Gasteiger partial charge on any atom is 0.254 e. The number of amides is 1. The number of benzene rings is 2. The van der Waals surface area contributed by atoms with Crippen LogP contribution in [0.1, 0.15) is 15.9 Å². The largest absolute Gasteiger partial charge is 0.361 e. The Morgan fingerprint density at radius 2 is 1.69 bits per heavy atom. The van der Waals surface area contributed by atoms with Gasteiger partial charge in [0.25, 0.3) is 5.91 Å². The Kier molecular flexibility index (Phi) is 8.46. The van der Waals surface area contributed by atoms with Crippen molar-refractivity contribution in [2.45, 2.75) is 12.5 Å². The Balaban J connectivity index is 1.32. The summed E-state index contributed by atoms with van der Waals surface area (Å²) in [4.78, 5) is 23.7. The summed E-state index contributed by atoms with van der Waals surface area (Å²) in [5.41, 5.74) is 2.86. The van der Waals surface area contributed by atoms with Gasteiger partial charge in [0, 0.05) is 83.0 Å². The van der Waals surface area contributed by atoms with Crippen LogP contribution in [-0.4, -0.2) is 89.0 Å². The maximum absolute atomic E-state index is 13.6. The smallest absolute Gasteiger partial charge is 0.254 e. The van der Waals surface area contributed by atoms with Crippen LogP contribution in [0.5, 0.6) is 0 Å². The first-order valence-electron chi connectivity index (χ1n) is 12.4. The first kappa shape index (κ1) is 25.5. The molecule has 0 unspecified atom stereocenters. The fourth-order valence-corrected chi connectivity index (χ4v) is 6.50. The molecule has 5 rings (SSSR count). The van der Waals surface area contributed by atoms with Crippen LogP contribution in [0.3, 0.4) is 0 Å². The molecule has 0 saturated carbocycles. The highest BCUT2D eigenvalue weighted by molar-refractivity contribution is 7.99. The Hall–Kier alpha value is -2.14. The summed E-state index contributed by atoms with van der Waals surface area (Å²) in [6.45, 7) is 6.01. The van der Waals surface area contributed by atoms with E-state index in [0.717, 1.165) is 51.2 Å². The van der Waals surface area contributed by atoms with Gasteiger partial charge in [0.05, 0.1) is 13.1 Å². The molecule has 2 fully saturated rings. The molecule has 5 nitrogen and oxygen atoms in total. The third kappa shape index (κ3) is 6.22. The summed E-state index contributed by atoms with van der Waals surface area (Å²) >= 11 is 14.4. The number of piperazine rings is 1. The van der Waals surface area contributed by atoms with Gasteiger partial charge in [-0.05, 0) is 36.2 Å². The predicted octanol–water partition coefficient (Wildman–Crippen LogP) is 4.90. The van der Waals surface area contributed by atoms with Crippen LogP contribution in [0.4, 0.5) is 0 Å². The molecule has 1 aromatic heterocycles. The van der Waals surface area contributed by atoms with Gasteiger partial charge in [0.15, 0.2) is 0 Å². The lowest BCUT2D eigenvalue weighted by Gasteiger charge is -2.41. The van der Waals surface area contributed by atoms with Crippen LogP contribution in [0.25, 0.3) is 10.9 Å². The van der Waals surface area contributed by atoms with Gasteiger partial charge in [-0.25, -0.2) is 0 Å². The summed E-state index contributed by atoms with van der Waals surface area (Å²) in [5.74, 6) is 9.12. The number of halogens is 2. The third-order valence-electron chi connectivity index (χ3n) is 6.90. The number of aromatic nitrogens is 1. The number of H-pyrrole nitrogens is 1. The average Bonchev–Trinajstić information content (AvgIpc) is 3.29. The topological polar surface area (TPSA) is 42.6 Å². The minimum Gasteiger partial charge on any atom is -0.361 e. The van der Waals surface area contributed by atoms with E-state index < -0.39 is 0 Å². The zero-order valence-corrected chi connectivity index (χ0v) is 22.5. The molecule has 1 amide bonds. The second-order valence-corrected chi connectivity index (χ2v) is 11.4. The number of aromatic amines is 1. The SMILES string of the molecule is O=C(c1cc(Cl)cc(Cl)c1)N1CCN(CC#CCN2CCSCC2)C[C@H]1Cc1c[nH]c2ccccc12. The Morgan fingerprint density at radius 3 is 2.47 bits per heavy atom. The second-order valence-electron chi connectivity index (χ2n) is 9.35. The molecule has 1 N–H and O–H groups in total. The van der Waals surface area contributed by atoms with Crippen LogP contribution in [0, 0.1) is 11.8 Å². The van der Waals surface area contributed by atoms with Crippen molar-refractivity contribution in [3.8, 4) is 11.8 Å². The minimum absolute atomic E-state index is 0.0177. The second kappa shape index (κ2) is 11.9. The molecule has 1 atom stereocenters. The normalized spacial score (nSPS) is 19.3. The van der Waals surface area contributed by atoms with Crippen LogP contribution < -0.4 is 0 Å². The van der Waals surface area contributed by atoms with Crippen molar-refractivity contribution in [1.29, 1.82) is 0 Å². The molecule has 0 aliphatic carbocycles. The summed E-state index contributed by atoms with van der Waals surface area (Å²) in [5, 5.41) is 2.15. The summed E-state index contributed by atoms with van der Waals surface area (Å²) in [6.07, 6.45) is 2.83. The molecule has 8 heteroatoms. The number of rotatable bonds is 5. The molecule has 188 valence electrons. The van der Waals surface area contributed by atoms with Crippen LogP contribution in [0.15, 0.2) is 48.7 Å². The molecule has 3 heterocycles. The number of nitrogens with zero attached hydrogens (tertiary/aromatic N) is 3. The molecular weight excluding hydrogens is 511 g/mol. The Morgan fingerprint density at radius 1 is 0.972 bits per heavy atom. The fourth-order valence-electron chi connectivity index (χ4n) is 5.00. The van der Waals surface area contributed by atoms with Crippen LogP contribution in [0.2, 0.25) is 10.0 Å². The Labute approximate surface area is 227 Å². The number of carbonyl (C=O) groups excluding carboxylic acids is 1. The highest BCUT2D eigenvalue weighted by Gasteiger charge is 2.31. The zero-order chi connectivity index (χ0) is 24.9. The number of nitrogens with one attached hydrogen (secondary N) is 1. The first-order valence-corrected chi connectivity index (χ1v) is 14.3. The molecule has 2 aromatic carbocycles. The van der Waals surface area contributed by atoms with E-state index in [1.165, 1.54) is 22.5 Å². The van der Waals surface area contributed by atoms with Gasteiger partial charge in [-0.2, -0.15) is 11.8 Å². The number of hydrogen-bond acceptors (Lipinski definition) is 4. The third-order valence-corrected chi connectivity index (χ3v) is 8.28. The molecule has 0 spiro atoms. The fraction of sp³-hybridized carbons (Fsp3) is 0.393. The van der Waals surface area contributed by atoms with Crippen molar-refractivity contribution in [2.24, 2.45) is 0 Å². The van der Waals surface area contributed by atoms with E-state index in [0.29, 0.717) is 22.2 Å². The standard InChI is InChI=1S/C28H30Cl2N4OS/c29-23-15-21(16-24(30)18-23)28(35)34-10-9-33(8-4-3-7-32-11-13-36-14-12-32)20-25(34)17-22-19-31-27-6-2-1-5-26(22)27/h1-2,5-6,15-16,18-19,25,31H,7-14,17,20H2/t25-/m1/s1. The molecule has 0 radical (unpaired) electrons. The van der Waals surface area contributed by atoms with Gasteiger partial charge in [-0.3, -0.25) is 14.6 Å². The minimum atomic E-state index is -0.0297. The Bertz CT molecular complexity index is 1260. The van der Waals surface area contributed by atoms with Gasteiger partial charge < -0.3 is 9.88 Å². The van der Waals surface area contributed by atoms with E-state index in [1.54, 1.807) is 18.2 Å². The lowest BCUT2D eigenvalue weighted by Crippen LogP contribution is -2.56. The summed E-state index contributed by atoms with van der Waals surface area (Å²) < 4.78 is 0. The monoisotopic (exact) mass is 540 g/mol. The van der Waals surface area contributed by atoms with Crippen LogP contribution in [-0.2, 0) is 6.42 Å². The molecular formula is C28H30Cl2N4OS. The van der Waals surface area contributed by atoms with Crippen LogP contribution >= 0.6 is 35.0 Å². The lowest BCUT2D eigenvalue weighted by atomic mass is 10.00. The first-order chi connectivity index (χ1) is 17.6. The number of fused-ring (bicyclic) bond motifs is 1. The number of para-hydroxylation sites is 1. The van der Waals surface area contributed by atoms with Crippen molar-refractivity contribution < 1.29 is 4.79 Å². The van der Waals surface area contributed by atoms with Gasteiger partial charge in [-0.15, -0.1) is 0 Å². The molecule has 2 aliphatic heterocycles. The quantitative estimate of drug-likeness (QED) is 0.467. The summed E-state index contributed by atoms with van der Waals surface area (Å²) in [7, 11) is 0. The van der Waals surface area contributed by atoms with E-state index in [-0.39, 0.29) is 11.9 Å². The van der Waals surface area contributed by atoms with E-state index >= 15 is 0 Å². The van der Waals surface area contributed by atoms with Crippen molar-refractivity contribution in [3.05, 3.63) is 69.8 Å². The molecule has 2 aliphatic rings. The van der Waals surface area contributed by atoms with Crippen molar-refractivity contribution in [2.75, 3.05) is 57.3 Å². The molecule has 2 saturated heterocycles. The van der Waals surface area contributed by atoms with Gasteiger partial charge in [0.1, 0.15) is 0 Å². The van der Waals surface area contributed by atoms with E-state index in [4.69, 9.17) is 23.2 Å². The maximum atomic E-state index is 13.6. The number of carbonyl (C=O) groups is 1. The highest BCUT2D eigenvalue weighted by atomic mass is 35.5. The molecule has 3 aromatic rings. The average molecular weight is 542 g/mol. The number of thioether (sulfide) groups is 1.